The van der Waals surface area contributed by atoms with Gasteiger partial charge in [-0.2, -0.15) is 0 Å². The van der Waals surface area contributed by atoms with E-state index in [4.69, 9.17) is 5.73 Å². The minimum atomic E-state index is -0.669. The van der Waals surface area contributed by atoms with Crippen LogP contribution in [0.4, 0.5) is 0 Å². The molecule has 1 rings (SSSR count). The Morgan fingerprint density at radius 1 is 1.14 bits per heavy atom. The zero-order chi connectivity index (χ0) is 16.0. The first kappa shape index (κ1) is 20.4. The van der Waals surface area contributed by atoms with Crippen LogP contribution >= 0.6 is 12.4 Å². The van der Waals surface area contributed by atoms with Gasteiger partial charge in [-0.05, 0) is 39.7 Å². The molecule has 0 aliphatic rings. The molecule has 0 spiro atoms. The average molecular weight is 328 g/mol. The van der Waals surface area contributed by atoms with Crippen molar-refractivity contribution in [1.82, 2.24) is 10.6 Å². The van der Waals surface area contributed by atoms with Crippen LogP contribution in [0.5, 0.6) is 0 Å². The van der Waals surface area contributed by atoms with E-state index in [0.717, 1.165) is 5.56 Å². The second-order valence-corrected chi connectivity index (χ2v) is 6.27. The van der Waals surface area contributed by atoms with Crippen molar-refractivity contribution >= 4 is 24.2 Å². The first-order valence-corrected chi connectivity index (χ1v) is 7.11. The largest absolute Gasteiger partial charge is 0.350 e. The Labute approximate surface area is 138 Å². The number of halogens is 1. The molecule has 1 aromatic carbocycles. The highest BCUT2D eigenvalue weighted by Crippen LogP contribution is 2.03. The number of rotatable bonds is 5. The molecule has 0 radical (unpaired) electrons. The van der Waals surface area contributed by atoms with Crippen LogP contribution in [0.25, 0.3) is 0 Å². The lowest BCUT2D eigenvalue weighted by Crippen LogP contribution is -2.54. The van der Waals surface area contributed by atoms with Crippen molar-refractivity contribution in [2.24, 2.45) is 5.73 Å². The fourth-order valence-electron chi connectivity index (χ4n) is 1.82. The van der Waals surface area contributed by atoms with Crippen LogP contribution in [0.1, 0.15) is 33.3 Å². The van der Waals surface area contributed by atoms with Crippen LogP contribution in [0.15, 0.2) is 30.3 Å². The van der Waals surface area contributed by atoms with E-state index < -0.39 is 12.1 Å². The van der Waals surface area contributed by atoms with Crippen molar-refractivity contribution in [3.63, 3.8) is 0 Å². The molecule has 0 aliphatic heterocycles. The van der Waals surface area contributed by atoms with Gasteiger partial charge in [-0.3, -0.25) is 9.59 Å². The Morgan fingerprint density at radius 3 is 2.18 bits per heavy atom. The maximum Gasteiger partial charge on any atom is 0.242 e. The Balaban J connectivity index is 0.00000441. The summed E-state index contributed by atoms with van der Waals surface area (Å²) in [6.07, 6.45) is 0.445. The molecule has 5 nitrogen and oxygen atoms in total. The summed E-state index contributed by atoms with van der Waals surface area (Å²) in [5.41, 5.74) is 6.54. The normalized spacial score (nSPS) is 13.5. The number of hydrogen-bond acceptors (Lipinski definition) is 3. The number of nitrogens with two attached hydrogens (primary N) is 1. The first-order valence-electron chi connectivity index (χ1n) is 7.11. The highest BCUT2D eigenvalue weighted by atomic mass is 35.5. The molecule has 0 aromatic heterocycles. The van der Waals surface area contributed by atoms with Crippen molar-refractivity contribution in [3.05, 3.63) is 35.9 Å². The highest BCUT2D eigenvalue weighted by molar-refractivity contribution is 5.89. The molecule has 0 fully saturated rings. The van der Waals surface area contributed by atoms with E-state index in [1.54, 1.807) is 6.92 Å². The quantitative estimate of drug-likeness (QED) is 0.764. The first-order chi connectivity index (χ1) is 9.69. The van der Waals surface area contributed by atoms with Gasteiger partial charge in [0, 0.05) is 5.54 Å². The van der Waals surface area contributed by atoms with Gasteiger partial charge in [0.25, 0.3) is 0 Å². The number of carbonyl (C=O) groups is 2. The highest BCUT2D eigenvalue weighted by Gasteiger charge is 2.23. The minimum Gasteiger partial charge on any atom is -0.350 e. The van der Waals surface area contributed by atoms with E-state index in [0.29, 0.717) is 6.42 Å². The molecular weight excluding hydrogens is 302 g/mol. The molecule has 1 aromatic rings. The molecule has 6 heteroatoms. The SMILES string of the molecule is CC(NC(=O)[C@@H](N)Cc1ccccc1)C(=O)NC(C)(C)C.Cl. The summed E-state index contributed by atoms with van der Waals surface area (Å²) in [6.45, 7) is 7.32. The van der Waals surface area contributed by atoms with Crippen molar-refractivity contribution in [2.45, 2.75) is 51.7 Å². The Hall–Kier alpha value is -1.59. The molecule has 0 heterocycles. The Kier molecular flexibility index (Phi) is 8.12. The van der Waals surface area contributed by atoms with Crippen LogP contribution in [0.2, 0.25) is 0 Å². The number of carbonyl (C=O) groups excluding carboxylic acids is 2. The Morgan fingerprint density at radius 2 is 1.68 bits per heavy atom. The molecule has 2 amide bonds. The van der Waals surface area contributed by atoms with Crippen LogP contribution in [0, 0.1) is 0 Å². The lowest BCUT2D eigenvalue weighted by Gasteiger charge is -2.24. The summed E-state index contributed by atoms with van der Waals surface area (Å²) in [4.78, 5) is 23.9. The number of hydrogen-bond donors (Lipinski definition) is 3. The topological polar surface area (TPSA) is 84.2 Å². The standard InChI is InChI=1S/C16H25N3O2.ClH/c1-11(14(20)19-16(2,3)4)18-15(21)13(17)10-12-8-6-5-7-9-12;/h5-9,11,13H,10,17H2,1-4H3,(H,18,21)(H,19,20);1H/t11?,13-;/m0./s1. The Bertz CT molecular complexity index is 486. The molecule has 124 valence electrons. The molecule has 2 atom stereocenters. The predicted molar refractivity (Wildman–Crippen MR) is 90.9 cm³/mol. The summed E-state index contributed by atoms with van der Waals surface area (Å²) >= 11 is 0. The van der Waals surface area contributed by atoms with Crippen LogP contribution in [-0.4, -0.2) is 29.4 Å². The fraction of sp³-hybridized carbons (Fsp3) is 0.500. The van der Waals surface area contributed by atoms with Crippen molar-refractivity contribution < 1.29 is 9.59 Å². The molecule has 0 saturated carbocycles. The number of amides is 2. The minimum absolute atomic E-state index is 0. The smallest absolute Gasteiger partial charge is 0.242 e. The second kappa shape index (κ2) is 8.76. The van der Waals surface area contributed by atoms with E-state index in [1.165, 1.54) is 0 Å². The van der Waals surface area contributed by atoms with Gasteiger partial charge in [0.15, 0.2) is 0 Å². The molecule has 22 heavy (non-hydrogen) atoms. The van der Waals surface area contributed by atoms with Gasteiger partial charge >= 0.3 is 0 Å². The van der Waals surface area contributed by atoms with Gasteiger partial charge in [0.2, 0.25) is 11.8 Å². The molecular formula is C16H26ClN3O2. The summed E-state index contributed by atoms with van der Waals surface area (Å²) in [5, 5.41) is 5.46. The van der Waals surface area contributed by atoms with Gasteiger partial charge in [-0.1, -0.05) is 30.3 Å². The monoisotopic (exact) mass is 327 g/mol. The number of nitrogens with one attached hydrogen (secondary N) is 2. The molecule has 4 N–H and O–H groups in total. The molecule has 0 saturated heterocycles. The van der Waals surface area contributed by atoms with Crippen molar-refractivity contribution in [1.29, 1.82) is 0 Å². The zero-order valence-corrected chi connectivity index (χ0v) is 14.4. The van der Waals surface area contributed by atoms with E-state index in [-0.39, 0.29) is 29.8 Å². The average Bonchev–Trinajstić information content (AvgIpc) is 2.37. The molecule has 0 aliphatic carbocycles. The van der Waals surface area contributed by atoms with Crippen molar-refractivity contribution in [3.8, 4) is 0 Å². The van der Waals surface area contributed by atoms with Gasteiger partial charge in [0.1, 0.15) is 6.04 Å². The van der Waals surface area contributed by atoms with Gasteiger partial charge < -0.3 is 16.4 Å². The van der Waals surface area contributed by atoms with E-state index in [9.17, 15) is 9.59 Å². The predicted octanol–water partition coefficient (Wildman–Crippen LogP) is 1.40. The van der Waals surface area contributed by atoms with Crippen LogP contribution in [-0.2, 0) is 16.0 Å². The second-order valence-electron chi connectivity index (χ2n) is 6.27. The maximum absolute atomic E-state index is 12.0. The van der Waals surface area contributed by atoms with Gasteiger partial charge in [0.05, 0.1) is 6.04 Å². The third kappa shape index (κ3) is 7.43. The summed E-state index contributed by atoms with van der Waals surface area (Å²) in [6, 6.07) is 8.27. The number of benzene rings is 1. The lowest BCUT2D eigenvalue weighted by atomic mass is 10.1. The van der Waals surface area contributed by atoms with Crippen molar-refractivity contribution in [2.75, 3.05) is 0 Å². The van der Waals surface area contributed by atoms with Gasteiger partial charge in [-0.25, -0.2) is 0 Å². The van der Waals surface area contributed by atoms with Gasteiger partial charge in [-0.15, -0.1) is 12.4 Å². The third-order valence-corrected chi connectivity index (χ3v) is 2.89. The third-order valence-electron chi connectivity index (χ3n) is 2.89. The zero-order valence-electron chi connectivity index (χ0n) is 13.6. The summed E-state index contributed by atoms with van der Waals surface area (Å²) in [5.74, 6) is -0.543. The van der Waals surface area contributed by atoms with E-state index in [1.807, 2.05) is 51.1 Å². The molecule has 0 bridgehead atoms. The summed E-state index contributed by atoms with van der Waals surface area (Å²) in [7, 11) is 0. The fourth-order valence-corrected chi connectivity index (χ4v) is 1.82. The van der Waals surface area contributed by atoms with Crippen LogP contribution in [0.3, 0.4) is 0 Å². The summed E-state index contributed by atoms with van der Waals surface area (Å²) < 4.78 is 0. The van der Waals surface area contributed by atoms with E-state index >= 15 is 0 Å². The molecule has 1 unspecified atom stereocenters. The lowest BCUT2D eigenvalue weighted by molar-refractivity contribution is -0.130. The van der Waals surface area contributed by atoms with Crippen LogP contribution < -0.4 is 16.4 Å². The maximum atomic E-state index is 12.0. The van der Waals surface area contributed by atoms with E-state index in [2.05, 4.69) is 10.6 Å².